The van der Waals surface area contributed by atoms with Crippen molar-refractivity contribution in [3.8, 4) is 10.8 Å². The van der Waals surface area contributed by atoms with Crippen molar-refractivity contribution in [3.63, 3.8) is 0 Å². The lowest BCUT2D eigenvalue weighted by Gasteiger charge is -2.34. The predicted octanol–water partition coefficient (Wildman–Crippen LogP) is 4.03. The van der Waals surface area contributed by atoms with E-state index >= 15 is 0 Å². The first kappa shape index (κ1) is 16.5. The monoisotopic (exact) mass is 353 g/mol. The van der Waals surface area contributed by atoms with Crippen LogP contribution in [0.5, 0.6) is 0 Å². The third kappa shape index (κ3) is 4.00. The van der Waals surface area contributed by atoms with E-state index in [1.165, 1.54) is 11.1 Å². The van der Waals surface area contributed by atoms with Crippen LogP contribution in [0, 0.1) is 6.92 Å². The summed E-state index contributed by atoms with van der Waals surface area (Å²) in [5, 5.41) is 2.05. The molecule has 4 nitrogen and oxygen atoms in total. The van der Waals surface area contributed by atoms with Gasteiger partial charge in [0.25, 0.3) is 0 Å². The fraction of sp³-hybridized carbons (Fsp3) is 0.350. The molecule has 5 heteroatoms. The predicted molar refractivity (Wildman–Crippen MR) is 102 cm³/mol. The molecule has 0 atom stereocenters. The Hall–Kier alpha value is -1.95. The van der Waals surface area contributed by atoms with Gasteiger partial charge in [-0.2, -0.15) is 0 Å². The lowest BCUT2D eigenvalue weighted by molar-refractivity contribution is 0.121. The molecular formula is C20H23N3OS. The van der Waals surface area contributed by atoms with Crippen molar-refractivity contribution in [2.24, 2.45) is 0 Å². The molecule has 0 radical (unpaired) electrons. The SMILES string of the molecule is Cc1ccccc1CN1CCN(Cc2coc(-c3cccs3)n2)CC1. The van der Waals surface area contributed by atoms with Crippen LogP contribution < -0.4 is 0 Å². The molecule has 0 bridgehead atoms. The molecule has 0 aliphatic carbocycles. The maximum atomic E-state index is 5.63. The molecule has 1 fully saturated rings. The Morgan fingerprint density at radius 3 is 2.48 bits per heavy atom. The third-order valence-electron chi connectivity index (χ3n) is 4.79. The second-order valence-corrected chi connectivity index (χ2v) is 7.55. The molecule has 0 N–H and O–H groups in total. The molecule has 0 saturated carbocycles. The summed E-state index contributed by atoms with van der Waals surface area (Å²) in [6.45, 7) is 8.47. The van der Waals surface area contributed by atoms with Crippen LogP contribution in [0.4, 0.5) is 0 Å². The van der Waals surface area contributed by atoms with Gasteiger partial charge in [-0.25, -0.2) is 4.98 Å². The van der Waals surface area contributed by atoms with E-state index in [2.05, 4.69) is 46.0 Å². The summed E-state index contributed by atoms with van der Waals surface area (Å²) < 4.78 is 5.63. The Morgan fingerprint density at radius 1 is 1.00 bits per heavy atom. The summed E-state index contributed by atoms with van der Waals surface area (Å²) in [6, 6.07) is 12.8. The molecule has 1 aromatic carbocycles. The third-order valence-corrected chi connectivity index (χ3v) is 5.65. The van der Waals surface area contributed by atoms with E-state index in [0.717, 1.165) is 55.7 Å². The molecule has 4 rings (SSSR count). The van der Waals surface area contributed by atoms with Crippen molar-refractivity contribution < 1.29 is 4.42 Å². The molecule has 3 heterocycles. The van der Waals surface area contributed by atoms with E-state index < -0.39 is 0 Å². The van der Waals surface area contributed by atoms with Crippen LogP contribution in [0.1, 0.15) is 16.8 Å². The molecule has 3 aromatic rings. The van der Waals surface area contributed by atoms with Crippen LogP contribution in [-0.2, 0) is 13.1 Å². The maximum Gasteiger partial charge on any atom is 0.236 e. The van der Waals surface area contributed by atoms with Gasteiger partial charge in [-0.05, 0) is 29.5 Å². The van der Waals surface area contributed by atoms with Gasteiger partial charge in [0.1, 0.15) is 6.26 Å². The Kier molecular flexibility index (Phi) is 4.97. The van der Waals surface area contributed by atoms with Crippen LogP contribution in [0.3, 0.4) is 0 Å². The number of hydrogen-bond acceptors (Lipinski definition) is 5. The summed E-state index contributed by atoms with van der Waals surface area (Å²) in [5.41, 5.74) is 3.84. The first-order valence-corrected chi connectivity index (χ1v) is 9.63. The minimum Gasteiger partial charge on any atom is -0.444 e. The first-order chi connectivity index (χ1) is 12.3. The molecule has 0 spiro atoms. The maximum absolute atomic E-state index is 5.63. The second kappa shape index (κ2) is 7.52. The number of piperazine rings is 1. The molecular weight excluding hydrogens is 330 g/mol. The van der Waals surface area contributed by atoms with E-state index in [1.54, 1.807) is 17.6 Å². The molecule has 130 valence electrons. The van der Waals surface area contributed by atoms with Crippen molar-refractivity contribution in [1.82, 2.24) is 14.8 Å². The summed E-state index contributed by atoms with van der Waals surface area (Å²) >= 11 is 1.66. The van der Waals surface area contributed by atoms with Gasteiger partial charge in [0.05, 0.1) is 10.6 Å². The van der Waals surface area contributed by atoms with E-state index in [9.17, 15) is 0 Å². The van der Waals surface area contributed by atoms with Gasteiger partial charge in [-0.15, -0.1) is 11.3 Å². The van der Waals surface area contributed by atoms with Crippen molar-refractivity contribution in [1.29, 1.82) is 0 Å². The number of thiophene rings is 1. The number of aromatic nitrogens is 1. The van der Waals surface area contributed by atoms with Crippen molar-refractivity contribution >= 4 is 11.3 Å². The highest BCUT2D eigenvalue weighted by Gasteiger charge is 2.19. The average molecular weight is 353 g/mol. The number of rotatable bonds is 5. The van der Waals surface area contributed by atoms with Crippen molar-refractivity contribution in [2.45, 2.75) is 20.0 Å². The smallest absolute Gasteiger partial charge is 0.236 e. The van der Waals surface area contributed by atoms with Crippen LogP contribution >= 0.6 is 11.3 Å². The van der Waals surface area contributed by atoms with E-state index in [1.807, 2.05) is 17.5 Å². The standard InChI is InChI=1S/C20H23N3OS/c1-16-5-2-3-6-17(16)13-22-8-10-23(11-9-22)14-18-15-24-20(21-18)19-7-4-12-25-19/h2-7,12,15H,8-11,13-14H2,1H3. The minimum absolute atomic E-state index is 0.739. The lowest BCUT2D eigenvalue weighted by Crippen LogP contribution is -2.45. The number of oxazole rings is 1. The first-order valence-electron chi connectivity index (χ1n) is 8.75. The highest BCUT2D eigenvalue weighted by Crippen LogP contribution is 2.24. The van der Waals surface area contributed by atoms with Crippen molar-refractivity contribution in [3.05, 3.63) is 64.9 Å². The highest BCUT2D eigenvalue weighted by molar-refractivity contribution is 7.13. The van der Waals surface area contributed by atoms with Gasteiger partial charge in [0.2, 0.25) is 5.89 Å². The number of benzene rings is 1. The Bertz CT molecular complexity index is 804. The number of hydrogen-bond donors (Lipinski definition) is 0. The van der Waals surface area contributed by atoms with E-state index in [0.29, 0.717) is 0 Å². The van der Waals surface area contributed by atoms with Gasteiger partial charge in [0, 0.05) is 39.3 Å². The number of aryl methyl sites for hydroxylation is 1. The second-order valence-electron chi connectivity index (χ2n) is 6.60. The van der Waals surface area contributed by atoms with E-state index in [-0.39, 0.29) is 0 Å². The molecule has 1 aliphatic rings. The van der Waals surface area contributed by atoms with Crippen LogP contribution in [0.2, 0.25) is 0 Å². The summed E-state index contributed by atoms with van der Waals surface area (Å²) in [6.07, 6.45) is 1.80. The zero-order chi connectivity index (χ0) is 17.1. The summed E-state index contributed by atoms with van der Waals surface area (Å²) in [7, 11) is 0. The van der Waals surface area contributed by atoms with Gasteiger partial charge in [-0.3, -0.25) is 9.80 Å². The zero-order valence-electron chi connectivity index (χ0n) is 14.5. The minimum atomic E-state index is 0.739. The molecule has 1 saturated heterocycles. The highest BCUT2D eigenvalue weighted by atomic mass is 32.1. The van der Waals surface area contributed by atoms with E-state index in [4.69, 9.17) is 4.42 Å². The molecule has 2 aromatic heterocycles. The van der Waals surface area contributed by atoms with Gasteiger partial charge in [0.15, 0.2) is 0 Å². The fourth-order valence-electron chi connectivity index (χ4n) is 3.26. The van der Waals surface area contributed by atoms with Gasteiger partial charge >= 0.3 is 0 Å². The average Bonchev–Trinajstić information content (AvgIpc) is 3.30. The van der Waals surface area contributed by atoms with Gasteiger partial charge in [-0.1, -0.05) is 30.3 Å². The quantitative estimate of drug-likeness (QED) is 0.693. The van der Waals surface area contributed by atoms with Crippen LogP contribution in [0.25, 0.3) is 10.8 Å². The Balaban J connectivity index is 1.30. The molecule has 0 amide bonds. The lowest BCUT2D eigenvalue weighted by atomic mass is 10.1. The molecule has 25 heavy (non-hydrogen) atoms. The summed E-state index contributed by atoms with van der Waals surface area (Å²) in [4.78, 5) is 10.7. The molecule has 1 aliphatic heterocycles. The topological polar surface area (TPSA) is 32.5 Å². The normalized spacial score (nSPS) is 16.4. The fourth-order valence-corrected chi connectivity index (χ4v) is 3.91. The Labute approximate surface area is 152 Å². The Morgan fingerprint density at radius 2 is 1.76 bits per heavy atom. The molecule has 0 unspecified atom stereocenters. The largest absolute Gasteiger partial charge is 0.444 e. The van der Waals surface area contributed by atoms with Gasteiger partial charge < -0.3 is 4.42 Å². The number of nitrogens with zero attached hydrogens (tertiary/aromatic N) is 3. The summed E-state index contributed by atoms with van der Waals surface area (Å²) in [5.74, 6) is 0.739. The zero-order valence-corrected chi connectivity index (χ0v) is 15.3. The van der Waals surface area contributed by atoms with Crippen LogP contribution in [-0.4, -0.2) is 41.0 Å². The van der Waals surface area contributed by atoms with Crippen LogP contribution in [0.15, 0.2) is 52.5 Å². The van der Waals surface area contributed by atoms with Crippen molar-refractivity contribution in [2.75, 3.05) is 26.2 Å².